The van der Waals surface area contributed by atoms with Crippen LogP contribution in [0.3, 0.4) is 0 Å². The van der Waals surface area contributed by atoms with Crippen LogP contribution >= 0.6 is 12.4 Å². The van der Waals surface area contributed by atoms with Gasteiger partial charge in [0.2, 0.25) is 5.91 Å². The molecule has 16 heavy (non-hydrogen) atoms. The predicted molar refractivity (Wildman–Crippen MR) is 66.7 cm³/mol. The second-order valence-corrected chi connectivity index (χ2v) is 4.89. The quantitative estimate of drug-likeness (QED) is 0.788. The highest BCUT2D eigenvalue weighted by atomic mass is 35.5. The SMILES string of the molecule is CN(CC(=O)N1CCCC1)C1CC(N)C1.Cl. The lowest BCUT2D eigenvalue weighted by atomic mass is 9.86. The second kappa shape index (κ2) is 5.84. The molecule has 0 radical (unpaired) electrons. The Morgan fingerprint density at radius 2 is 1.94 bits per heavy atom. The molecule has 1 heterocycles. The maximum absolute atomic E-state index is 11.8. The highest BCUT2D eigenvalue weighted by molar-refractivity contribution is 5.85. The van der Waals surface area contributed by atoms with E-state index >= 15 is 0 Å². The number of likely N-dealkylation sites (tertiary alicyclic amines) is 1. The van der Waals surface area contributed by atoms with Gasteiger partial charge in [0.25, 0.3) is 0 Å². The predicted octanol–water partition coefficient (Wildman–Crippen LogP) is 0.452. The van der Waals surface area contributed by atoms with Crippen LogP contribution in [0.4, 0.5) is 0 Å². The fourth-order valence-electron chi connectivity index (χ4n) is 2.40. The van der Waals surface area contributed by atoms with Crippen LogP contribution in [0.1, 0.15) is 25.7 Å². The topological polar surface area (TPSA) is 49.6 Å². The van der Waals surface area contributed by atoms with Crippen LogP contribution < -0.4 is 5.73 Å². The molecule has 2 aliphatic rings. The molecule has 1 amide bonds. The molecule has 1 aliphatic carbocycles. The molecule has 0 unspecified atom stereocenters. The molecule has 0 aromatic carbocycles. The monoisotopic (exact) mass is 247 g/mol. The number of carbonyl (C=O) groups is 1. The molecule has 94 valence electrons. The number of rotatable bonds is 3. The standard InChI is InChI=1S/C11H21N3O.ClH/c1-13(10-6-9(12)7-10)8-11(15)14-4-2-3-5-14;/h9-10H,2-8,12H2,1H3;1H. The van der Waals surface area contributed by atoms with Gasteiger partial charge in [0.05, 0.1) is 6.54 Å². The second-order valence-electron chi connectivity index (χ2n) is 4.89. The summed E-state index contributed by atoms with van der Waals surface area (Å²) in [6.45, 7) is 2.48. The van der Waals surface area contributed by atoms with E-state index in [1.54, 1.807) is 0 Å². The summed E-state index contributed by atoms with van der Waals surface area (Å²) >= 11 is 0. The third-order valence-corrected chi connectivity index (χ3v) is 3.62. The van der Waals surface area contributed by atoms with Crippen molar-refractivity contribution in [1.29, 1.82) is 0 Å². The van der Waals surface area contributed by atoms with E-state index in [9.17, 15) is 4.79 Å². The smallest absolute Gasteiger partial charge is 0.236 e. The van der Waals surface area contributed by atoms with Gasteiger partial charge < -0.3 is 10.6 Å². The molecule has 0 atom stereocenters. The van der Waals surface area contributed by atoms with E-state index in [0.717, 1.165) is 25.9 Å². The normalized spacial score (nSPS) is 28.8. The molecule has 5 heteroatoms. The summed E-state index contributed by atoms with van der Waals surface area (Å²) in [6, 6.07) is 0.894. The number of nitrogens with zero attached hydrogens (tertiary/aromatic N) is 2. The zero-order valence-electron chi connectivity index (χ0n) is 9.89. The van der Waals surface area contributed by atoms with Crippen molar-refractivity contribution in [2.24, 2.45) is 5.73 Å². The van der Waals surface area contributed by atoms with Crippen molar-refractivity contribution in [1.82, 2.24) is 9.80 Å². The van der Waals surface area contributed by atoms with E-state index in [-0.39, 0.29) is 18.3 Å². The summed E-state index contributed by atoms with van der Waals surface area (Å²) in [5.74, 6) is 0.287. The summed E-state index contributed by atoms with van der Waals surface area (Å²) in [7, 11) is 2.03. The maximum Gasteiger partial charge on any atom is 0.236 e. The highest BCUT2D eigenvalue weighted by Gasteiger charge is 2.31. The van der Waals surface area contributed by atoms with Crippen molar-refractivity contribution in [3.8, 4) is 0 Å². The third-order valence-electron chi connectivity index (χ3n) is 3.62. The van der Waals surface area contributed by atoms with Crippen molar-refractivity contribution in [3.05, 3.63) is 0 Å². The molecular formula is C11H22ClN3O. The van der Waals surface area contributed by atoms with Crippen LogP contribution in [0.25, 0.3) is 0 Å². The molecule has 0 bridgehead atoms. The Labute approximate surface area is 104 Å². The van der Waals surface area contributed by atoms with Gasteiger partial charge in [0.15, 0.2) is 0 Å². The number of nitrogens with two attached hydrogens (primary N) is 1. The molecule has 1 saturated carbocycles. The lowest BCUT2D eigenvalue weighted by molar-refractivity contribution is -0.132. The van der Waals surface area contributed by atoms with Gasteiger partial charge in [0, 0.05) is 25.2 Å². The number of amides is 1. The third kappa shape index (κ3) is 3.09. The van der Waals surface area contributed by atoms with Gasteiger partial charge in [-0.3, -0.25) is 9.69 Å². The van der Waals surface area contributed by atoms with Crippen LogP contribution in [0, 0.1) is 0 Å². The molecule has 4 nitrogen and oxygen atoms in total. The Morgan fingerprint density at radius 3 is 2.44 bits per heavy atom. The lowest BCUT2D eigenvalue weighted by Crippen LogP contribution is -2.51. The van der Waals surface area contributed by atoms with Crippen molar-refractivity contribution in [2.45, 2.75) is 37.8 Å². The van der Waals surface area contributed by atoms with Gasteiger partial charge in [0.1, 0.15) is 0 Å². The molecule has 0 spiro atoms. The molecule has 1 aliphatic heterocycles. The number of hydrogen-bond donors (Lipinski definition) is 1. The Hall–Kier alpha value is -0.320. The number of hydrogen-bond acceptors (Lipinski definition) is 3. The first kappa shape index (κ1) is 13.7. The molecule has 2 fully saturated rings. The summed E-state index contributed by atoms with van der Waals surface area (Å²) in [6.07, 6.45) is 4.43. The zero-order valence-corrected chi connectivity index (χ0v) is 10.7. The van der Waals surface area contributed by atoms with Crippen LogP contribution in [0.2, 0.25) is 0 Å². The average Bonchev–Trinajstić information content (AvgIpc) is 2.65. The van der Waals surface area contributed by atoms with E-state index in [0.29, 0.717) is 18.6 Å². The Morgan fingerprint density at radius 1 is 1.38 bits per heavy atom. The van der Waals surface area contributed by atoms with Crippen molar-refractivity contribution in [3.63, 3.8) is 0 Å². The molecule has 0 aromatic heterocycles. The van der Waals surface area contributed by atoms with Gasteiger partial charge in [-0.15, -0.1) is 12.4 Å². The van der Waals surface area contributed by atoms with Gasteiger partial charge in [-0.1, -0.05) is 0 Å². The summed E-state index contributed by atoms with van der Waals surface area (Å²) in [5, 5.41) is 0. The lowest BCUT2D eigenvalue weighted by Gasteiger charge is -2.39. The average molecular weight is 248 g/mol. The summed E-state index contributed by atoms with van der Waals surface area (Å²) < 4.78 is 0. The highest BCUT2D eigenvalue weighted by Crippen LogP contribution is 2.22. The van der Waals surface area contributed by atoms with Gasteiger partial charge in [-0.25, -0.2) is 0 Å². The van der Waals surface area contributed by atoms with E-state index < -0.39 is 0 Å². The molecule has 0 aromatic rings. The Bertz CT molecular complexity index is 237. The van der Waals surface area contributed by atoms with Crippen LogP contribution in [0.5, 0.6) is 0 Å². The fraction of sp³-hybridized carbons (Fsp3) is 0.909. The first-order valence-electron chi connectivity index (χ1n) is 5.90. The Kier molecular flexibility index (Phi) is 5.02. The fourth-order valence-corrected chi connectivity index (χ4v) is 2.40. The molecular weight excluding hydrogens is 226 g/mol. The van der Waals surface area contributed by atoms with Crippen molar-refractivity contribution >= 4 is 18.3 Å². The molecule has 2 rings (SSSR count). The number of carbonyl (C=O) groups excluding carboxylic acids is 1. The van der Waals surface area contributed by atoms with Crippen LogP contribution in [0.15, 0.2) is 0 Å². The van der Waals surface area contributed by atoms with E-state index in [1.165, 1.54) is 12.8 Å². The number of likely N-dealkylation sites (N-methyl/N-ethyl adjacent to an activating group) is 1. The Balaban J connectivity index is 0.00000128. The van der Waals surface area contributed by atoms with E-state index in [1.807, 2.05) is 11.9 Å². The zero-order chi connectivity index (χ0) is 10.8. The van der Waals surface area contributed by atoms with E-state index in [4.69, 9.17) is 5.73 Å². The number of halogens is 1. The minimum Gasteiger partial charge on any atom is -0.342 e. The van der Waals surface area contributed by atoms with Crippen molar-refractivity contribution < 1.29 is 4.79 Å². The van der Waals surface area contributed by atoms with Gasteiger partial charge >= 0.3 is 0 Å². The van der Waals surface area contributed by atoms with Crippen LogP contribution in [-0.2, 0) is 4.79 Å². The van der Waals surface area contributed by atoms with Gasteiger partial charge in [-0.2, -0.15) is 0 Å². The summed E-state index contributed by atoms with van der Waals surface area (Å²) in [4.78, 5) is 16.0. The largest absolute Gasteiger partial charge is 0.342 e. The van der Waals surface area contributed by atoms with Crippen LogP contribution in [-0.4, -0.2) is 54.5 Å². The first-order valence-corrected chi connectivity index (χ1v) is 5.90. The van der Waals surface area contributed by atoms with Gasteiger partial charge in [-0.05, 0) is 32.7 Å². The summed E-state index contributed by atoms with van der Waals surface area (Å²) in [5.41, 5.74) is 5.74. The first-order chi connectivity index (χ1) is 7.16. The maximum atomic E-state index is 11.8. The minimum atomic E-state index is 0. The minimum absolute atomic E-state index is 0. The van der Waals surface area contributed by atoms with E-state index in [2.05, 4.69) is 4.90 Å². The molecule has 2 N–H and O–H groups in total. The van der Waals surface area contributed by atoms with Crippen molar-refractivity contribution in [2.75, 3.05) is 26.7 Å². The molecule has 1 saturated heterocycles.